The Labute approximate surface area is 116 Å². The van der Waals surface area contributed by atoms with Gasteiger partial charge >= 0.3 is 0 Å². The molecule has 1 unspecified atom stereocenters. The van der Waals surface area contributed by atoms with Gasteiger partial charge in [-0.15, -0.1) is 0 Å². The molecule has 1 amide bonds. The maximum absolute atomic E-state index is 13.4. The van der Waals surface area contributed by atoms with E-state index in [4.69, 9.17) is 11.6 Å². The summed E-state index contributed by atoms with van der Waals surface area (Å²) in [5.41, 5.74) is 0.164. The zero-order valence-electron chi connectivity index (χ0n) is 10.7. The van der Waals surface area contributed by atoms with Gasteiger partial charge < -0.3 is 4.90 Å². The van der Waals surface area contributed by atoms with Crippen molar-refractivity contribution in [2.24, 2.45) is 0 Å². The number of amides is 1. The van der Waals surface area contributed by atoms with Crippen molar-refractivity contribution in [2.45, 2.75) is 32.2 Å². The van der Waals surface area contributed by atoms with Gasteiger partial charge in [-0.3, -0.25) is 9.59 Å². The Kier molecular flexibility index (Phi) is 4.20. The summed E-state index contributed by atoms with van der Waals surface area (Å²) in [6, 6.07) is 4.10. The summed E-state index contributed by atoms with van der Waals surface area (Å²) in [6.07, 6.45) is 2.01. The maximum Gasteiger partial charge on any atom is 0.255 e. The molecular weight excluding hydrogens is 269 g/mol. The van der Waals surface area contributed by atoms with Crippen molar-refractivity contribution >= 4 is 23.3 Å². The third kappa shape index (κ3) is 2.95. The van der Waals surface area contributed by atoms with Gasteiger partial charge in [-0.2, -0.15) is 0 Å². The van der Waals surface area contributed by atoms with Crippen LogP contribution < -0.4 is 0 Å². The number of halogens is 2. The second-order valence-corrected chi connectivity index (χ2v) is 5.18. The molecule has 0 bridgehead atoms. The van der Waals surface area contributed by atoms with E-state index in [-0.39, 0.29) is 28.3 Å². The summed E-state index contributed by atoms with van der Waals surface area (Å²) in [5.74, 6) is -0.849. The van der Waals surface area contributed by atoms with Gasteiger partial charge in [0.15, 0.2) is 0 Å². The average Bonchev–Trinajstić information content (AvgIpc) is 2.79. The Balaban J connectivity index is 2.23. The molecular formula is C14H15ClFNO2. The van der Waals surface area contributed by atoms with Gasteiger partial charge in [0.2, 0.25) is 0 Å². The molecule has 102 valence electrons. The van der Waals surface area contributed by atoms with E-state index in [9.17, 15) is 14.0 Å². The molecule has 0 radical (unpaired) electrons. The van der Waals surface area contributed by atoms with Crippen LogP contribution in [-0.4, -0.2) is 29.2 Å². The lowest BCUT2D eigenvalue weighted by Crippen LogP contribution is -2.36. The Morgan fingerprint density at radius 3 is 2.89 bits per heavy atom. The van der Waals surface area contributed by atoms with E-state index in [2.05, 4.69) is 0 Å². The van der Waals surface area contributed by atoms with Gasteiger partial charge in [-0.25, -0.2) is 4.39 Å². The second-order valence-electron chi connectivity index (χ2n) is 4.80. The maximum atomic E-state index is 13.4. The van der Waals surface area contributed by atoms with Crippen LogP contribution in [0.5, 0.6) is 0 Å². The number of hydrogen-bond acceptors (Lipinski definition) is 2. The molecule has 0 aliphatic carbocycles. The van der Waals surface area contributed by atoms with Gasteiger partial charge in [0, 0.05) is 19.0 Å². The number of ketones is 1. The summed E-state index contributed by atoms with van der Waals surface area (Å²) < 4.78 is 13.4. The van der Waals surface area contributed by atoms with E-state index in [0.29, 0.717) is 13.0 Å². The number of carbonyl (C=O) groups is 2. The van der Waals surface area contributed by atoms with Crippen molar-refractivity contribution in [2.75, 3.05) is 6.54 Å². The minimum absolute atomic E-state index is 0.0510. The summed E-state index contributed by atoms with van der Waals surface area (Å²) in [4.78, 5) is 25.2. The fourth-order valence-electron chi connectivity index (χ4n) is 2.47. The van der Waals surface area contributed by atoms with Gasteiger partial charge in [-0.05, 0) is 31.9 Å². The lowest BCUT2D eigenvalue weighted by Gasteiger charge is -2.24. The predicted molar refractivity (Wildman–Crippen MR) is 70.8 cm³/mol. The van der Waals surface area contributed by atoms with Crippen molar-refractivity contribution in [3.63, 3.8) is 0 Å². The van der Waals surface area contributed by atoms with Crippen LogP contribution in [0.2, 0.25) is 5.02 Å². The van der Waals surface area contributed by atoms with E-state index in [1.54, 1.807) is 4.90 Å². The van der Waals surface area contributed by atoms with E-state index in [1.165, 1.54) is 25.1 Å². The van der Waals surface area contributed by atoms with Gasteiger partial charge in [0.1, 0.15) is 11.6 Å². The van der Waals surface area contributed by atoms with E-state index in [1.807, 2.05) is 0 Å². The van der Waals surface area contributed by atoms with Crippen LogP contribution in [0.3, 0.4) is 0 Å². The number of rotatable bonds is 3. The molecule has 1 saturated heterocycles. The number of nitrogens with zero attached hydrogens (tertiary/aromatic N) is 1. The van der Waals surface area contributed by atoms with E-state index in [0.717, 1.165) is 12.8 Å². The molecule has 3 nitrogen and oxygen atoms in total. The molecule has 1 aliphatic rings. The summed E-state index contributed by atoms with van der Waals surface area (Å²) >= 11 is 5.83. The molecule has 1 heterocycles. The summed E-state index contributed by atoms with van der Waals surface area (Å²) in [5, 5.41) is -0.152. The first-order valence-corrected chi connectivity index (χ1v) is 6.63. The minimum atomic E-state index is -0.602. The minimum Gasteiger partial charge on any atom is -0.335 e. The molecule has 0 N–H and O–H groups in total. The van der Waals surface area contributed by atoms with Crippen molar-refractivity contribution in [1.29, 1.82) is 0 Å². The fraction of sp³-hybridized carbons (Fsp3) is 0.429. The molecule has 1 aromatic rings. The summed E-state index contributed by atoms with van der Waals surface area (Å²) in [6.45, 7) is 2.10. The van der Waals surface area contributed by atoms with Gasteiger partial charge in [0.05, 0.1) is 10.6 Å². The van der Waals surface area contributed by atoms with Crippen LogP contribution in [0.15, 0.2) is 18.2 Å². The third-order valence-corrected chi connectivity index (χ3v) is 3.73. The van der Waals surface area contributed by atoms with Crippen LogP contribution >= 0.6 is 11.6 Å². The molecule has 1 fully saturated rings. The van der Waals surface area contributed by atoms with Gasteiger partial charge in [0.25, 0.3) is 5.91 Å². The largest absolute Gasteiger partial charge is 0.335 e. The first-order chi connectivity index (χ1) is 9.00. The molecule has 5 heteroatoms. The molecule has 0 spiro atoms. The highest BCUT2D eigenvalue weighted by Gasteiger charge is 2.31. The number of carbonyl (C=O) groups excluding carboxylic acids is 2. The van der Waals surface area contributed by atoms with E-state index < -0.39 is 5.82 Å². The van der Waals surface area contributed by atoms with Crippen molar-refractivity contribution < 1.29 is 14.0 Å². The molecule has 0 aromatic heterocycles. The van der Waals surface area contributed by atoms with Crippen LogP contribution in [0.1, 0.15) is 36.5 Å². The third-order valence-electron chi connectivity index (χ3n) is 3.34. The number of benzene rings is 1. The SMILES string of the molecule is CC(=O)CC1CCCN1C(=O)c1cccc(F)c1Cl. The number of likely N-dealkylation sites (tertiary alicyclic amines) is 1. The van der Waals surface area contributed by atoms with Crippen LogP contribution in [0.4, 0.5) is 4.39 Å². The topological polar surface area (TPSA) is 37.4 Å². The second kappa shape index (κ2) is 5.70. The molecule has 19 heavy (non-hydrogen) atoms. The van der Waals surface area contributed by atoms with Crippen LogP contribution in [0, 0.1) is 5.82 Å². The molecule has 1 aromatic carbocycles. The van der Waals surface area contributed by atoms with Crippen molar-refractivity contribution in [3.8, 4) is 0 Å². The quantitative estimate of drug-likeness (QED) is 0.855. The molecule has 1 atom stereocenters. The Morgan fingerprint density at radius 2 is 2.21 bits per heavy atom. The van der Waals surface area contributed by atoms with Gasteiger partial charge in [-0.1, -0.05) is 17.7 Å². The fourth-order valence-corrected chi connectivity index (χ4v) is 2.68. The molecule has 0 saturated carbocycles. The smallest absolute Gasteiger partial charge is 0.255 e. The molecule has 1 aliphatic heterocycles. The zero-order valence-corrected chi connectivity index (χ0v) is 11.4. The monoisotopic (exact) mass is 283 g/mol. The standard InChI is InChI=1S/C14H15ClFNO2/c1-9(18)8-10-4-3-7-17(10)14(19)11-5-2-6-12(16)13(11)15/h2,5-6,10H,3-4,7-8H2,1H3. The predicted octanol–water partition coefficient (Wildman–Crippen LogP) is 3.06. The lowest BCUT2D eigenvalue weighted by atomic mass is 10.1. The normalized spacial score (nSPS) is 18.7. The first kappa shape index (κ1) is 14.0. The highest BCUT2D eigenvalue weighted by atomic mass is 35.5. The highest BCUT2D eigenvalue weighted by molar-refractivity contribution is 6.34. The van der Waals surface area contributed by atoms with Crippen molar-refractivity contribution in [3.05, 3.63) is 34.6 Å². The number of hydrogen-bond donors (Lipinski definition) is 0. The lowest BCUT2D eigenvalue weighted by molar-refractivity contribution is -0.117. The number of Topliss-reactive ketones (excluding diaryl/α,β-unsaturated/α-hetero) is 1. The first-order valence-electron chi connectivity index (χ1n) is 6.25. The Hall–Kier alpha value is -1.42. The van der Waals surface area contributed by atoms with Crippen molar-refractivity contribution in [1.82, 2.24) is 4.90 Å². The highest BCUT2D eigenvalue weighted by Crippen LogP contribution is 2.26. The zero-order chi connectivity index (χ0) is 14.0. The summed E-state index contributed by atoms with van der Waals surface area (Å²) in [7, 11) is 0. The molecule has 2 rings (SSSR count). The Morgan fingerprint density at radius 1 is 1.47 bits per heavy atom. The van der Waals surface area contributed by atoms with E-state index >= 15 is 0 Å². The average molecular weight is 284 g/mol. The van der Waals surface area contributed by atoms with Crippen LogP contribution in [-0.2, 0) is 4.79 Å². The Bertz CT molecular complexity index is 518. The van der Waals surface area contributed by atoms with Crippen LogP contribution in [0.25, 0.3) is 0 Å².